The van der Waals surface area contributed by atoms with Crippen molar-refractivity contribution in [1.29, 1.82) is 0 Å². The van der Waals surface area contributed by atoms with E-state index < -0.39 is 0 Å². The van der Waals surface area contributed by atoms with Crippen molar-refractivity contribution in [3.63, 3.8) is 0 Å². The topological polar surface area (TPSA) is 41.1 Å². The summed E-state index contributed by atoms with van der Waals surface area (Å²) in [7, 11) is 0. The number of rotatable bonds is 4. The van der Waals surface area contributed by atoms with Gasteiger partial charge in [-0.25, -0.2) is 0 Å². The van der Waals surface area contributed by atoms with E-state index in [0.29, 0.717) is 6.54 Å². The normalized spacial score (nSPS) is 9.25. The van der Waals surface area contributed by atoms with Gasteiger partial charge in [0, 0.05) is 6.54 Å². The SMILES string of the molecule is CCNNCC(C)=O. The fourth-order valence-corrected chi connectivity index (χ4v) is 0.312. The highest BCUT2D eigenvalue weighted by atomic mass is 16.1. The van der Waals surface area contributed by atoms with Crippen molar-refractivity contribution in [2.24, 2.45) is 0 Å². The number of hydrogen-bond acceptors (Lipinski definition) is 3. The van der Waals surface area contributed by atoms with Crippen LogP contribution in [-0.2, 0) is 4.79 Å². The Morgan fingerprint density at radius 2 is 2.12 bits per heavy atom. The molecule has 0 aromatic heterocycles. The van der Waals surface area contributed by atoms with Crippen molar-refractivity contribution in [3.05, 3.63) is 0 Å². The number of nitrogens with one attached hydrogen (secondary N) is 2. The molecule has 0 aliphatic heterocycles. The zero-order valence-electron chi connectivity index (χ0n) is 5.32. The lowest BCUT2D eigenvalue weighted by molar-refractivity contribution is -0.116. The smallest absolute Gasteiger partial charge is 0.144 e. The monoisotopic (exact) mass is 116 g/mol. The number of Topliss-reactive ketones (excluding diaryl/α,β-unsaturated/α-hetero) is 1. The Kier molecular flexibility index (Phi) is 4.50. The van der Waals surface area contributed by atoms with Crippen LogP contribution in [0.5, 0.6) is 0 Å². The molecule has 0 saturated carbocycles. The van der Waals surface area contributed by atoms with Crippen molar-refractivity contribution < 1.29 is 4.79 Å². The van der Waals surface area contributed by atoms with Gasteiger partial charge in [0.05, 0.1) is 6.54 Å². The molecule has 2 N–H and O–H groups in total. The van der Waals surface area contributed by atoms with Crippen LogP contribution in [0.3, 0.4) is 0 Å². The molecule has 0 radical (unpaired) electrons. The summed E-state index contributed by atoms with van der Waals surface area (Å²) in [6.45, 7) is 4.76. The van der Waals surface area contributed by atoms with Crippen molar-refractivity contribution >= 4 is 5.78 Å². The van der Waals surface area contributed by atoms with Crippen LogP contribution >= 0.6 is 0 Å². The molecule has 0 spiro atoms. The van der Waals surface area contributed by atoms with E-state index in [1.54, 1.807) is 6.92 Å². The second-order valence-corrected chi connectivity index (χ2v) is 1.59. The van der Waals surface area contributed by atoms with Crippen LogP contribution < -0.4 is 10.9 Å². The van der Waals surface area contributed by atoms with Gasteiger partial charge in [0.1, 0.15) is 5.78 Å². The molecule has 0 aliphatic rings. The van der Waals surface area contributed by atoms with Crippen LogP contribution in [-0.4, -0.2) is 18.9 Å². The van der Waals surface area contributed by atoms with E-state index in [-0.39, 0.29) is 5.78 Å². The van der Waals surface area contributed by atoms with Crippen LogP contribution in [0, 0.1) is 0 Å². The molecule has 0 rings (SSSR count). The van der Waals surface area contributed by atoms with Crippen LogP contribution in [0.2, 0.25) is 0 Å². The maximum atomic E-state index is 10.2. The largest absolute Gasteiger partial charge is 0.299 e. The van der Waals surface area contributed by atoms with E-state index in [0.717, 1.165) is 6.54 Å². The number of carbonyl (C=O) groups is 1. The molecule has 3 nitrogen and oxygen atoms in total. The van der Waals surface area contributed by atoms with Gasteiger partial charge < -0.3 is 0 Å². The van der Waals surface area contributed by atoms with Crippen molar-refractivity contribution in [2.75, 3.05) is 13.1 Å². The second kappa shape index (κ2) is 4.74. The van der Waals surface area contributed by atoms with Gasteiger partial charge in [-0.2, -0.15) is 0 Å². The molecule has 48 valence electrons. The predicted molar refractivity (Wildman–Crippen MR) is 32.4 cm³/mol. The van der Waals surface area contributed by atoms with Crippen LogP contribution in [0.25, 0.3) is 0 Å². The molecule has 0 aromatic carbocycles. The highest BCUT2D eigenvalue weighted by molar-refractivity contribution is 5.77. The Balaban J connectivity index is 2.82. The maximum Gasteiger partial charge on any atom is 0.144 e. The minimum atomic E-state index is 0.144. The predicted octanol–water partition coefficient (Wildman–Crippen LogP) is -0.311. The van der Waals surface area contributed by atoms with Crippen LogP contribution in [0.4, 0.5) is 0 Å². The summed E-state index contributed by atoms with van der Waals surface area (Å²) < 4.78 is 0. The first kappa shape index (κ1) is 7.59. The molecule has 0 saturated heterocycles. The number of carbonyl (C=O) groups excluding carboxylic acids is 1. The fraction of sp³-hybridized carbons (Fsp3) is 0.800. The van der Waals surface area contributed by atoms with Crippen LogP contribution in [0.1, 0.15) is 13.8 Å². The van der Waals surface area contributed by atoms with Crippen molar-refractivity contribution in [1.82, 2.24) is 10.9 Å². The third-order valence-electron chi connectivity index (χ3n) is 0.639. The standard InChI is InChI=1S/C5H12N2O/c1-3-6-7-4-5(2)8/h6-7H,3-4H2,1-2H3. The van der Waals surface area contributed by atoms with Gasteiger partial charge >= 0.3 is 0 Å². The Morgan fingerprint density at radius 3 is 2.50 bits per heavy atom. The van der Waals surface area contributed by atoms with E-state index in [2.05, 4.69) is 10.9 Å². The van der Waals surface area contributed by atoms with Crippen molar-refractivity contribution in [3.8, 4) is 0 Å². The molecule has 0 atom stereocenters. The van der Waals surface area contributed by atoms with E-state index in [1.165, 1.54) is 0 Å². The summed E-state index contributed by atoms with van der Waals surface area (Å²) in [6.07, 6.45) is 0. The Labute approximate surface area is 49.4 Å². The zero-order chi connectivity index (χ0) is 6.41. The molecule has 0 amide bonds. The third-order valence-corrected chi connectivity index (χ3v) is 0.639. The Morgan fingerprint density at radius 1 is 1.50 bits per heavy atom. The second-order valence-electron chi connectivity index (χ2n) is 1.59. The summed E-state index contributed by atoms with van der Waals surface area (Å²) in [6, 6.07) is 0. The average Bonchev–Trinajstić information content (AvgIpc) is 1.66. The molecule has 0 heterocycles. The van der Waals surface area contributed by atoms with Gasteiger partial charge in [0.2, 0.25) is 0 Å². The third kappa shape index (κ3) is 5.59. The van der Waals surface area contributed by atoms with Crippen LogP contribution in [0.15, 0.2) is 0 Å². The lowest BCUT2D eigenvalue weighted by Crippen LogP contribution is -2.34. The first-order valence-corrected chi connectivity index (χ1v) is 2.72. The summed E-state index contributed by atoms with van der Waals surface area (Å²) in [5.41, 5.74) is 5.54. The summed E-state index contributed by atoms with van der Waals surface area (Å²) in [5.74, 6) is 0.144. The van der Waals surface area contributed by atoms with E-state index in [1.807, 2.05) is 6.92 Å². The lowest BCUT2D eigenvalue weighted by atomic mass is 10.5. The van der Waals surface area contributed by atoms with Crippen molar-refractivity contribution in [2.45, 2.75) is 13.8 Å². The highest BCUT2D eigenvalue weighted by Gasteiger charge is 1.86. The molecular formula is C5H12N2O. The number of hydrazine groups is 1. The molecular weight excluding hydrogens is 104 g/mol. The Bertz CT molecular complexity index is 72.8. The first-order chi connectivity index (χ1) is 3.77. The van der Waals surface area contributed by atoms with Gasteiger partial charge in [-0.1, -0.05) is 6.92 Å². The molecule has 0 aromatic rings. The van der Waals surface area contributed by atoms with E-state index >= 15 is 0 Å². The highest BCUT2D eigenvalue weighted by Crippen LogP contribution is 1.58. The number of hydrogen-bond donors (Lipinski definition) is 2. The van der Waals surface area contributed by atoms with Gasteiger partial charge in [-0.15, -0.1) is 0 Å². The lowest BCUT2D eigenvalue weighted by Gasteiger charge is -1.98. The summed E-state index contributed by atoms with van der Waals surface area (Å²) in [4.78, 5) is 10.2. The molecule has 0 aliphatic carbocycles. The Hall–Kier alpha value is -0.410. The van der Waals surface area contributed by atoms with Gasteiger partial charge in [0.15, 0.2) is 0 Å². The van der Waals surface area contributed by atoms with E-state index in [4.69, 9.17) is 0 Å². The molecule has 0 unspecified atom stereocenters. The zero-order valence-corrected chi connectivity index (χ0v) is 5.32. The molecule has 0 bridgehead atoms. The van der Waals surface area contributed by atoms with Gasteiger partial charge in [0.25, 0.3) is 0 Å². The summed E-state index contributed by atoms with van der Waals surface area (Å²) >= 11 is 0. The minimum absolute atomic E-state index is 0.144. The quantitative estimate of drug-likeness (QED) is 0.391. The van der Waals surface area contributed by atoms with E-state index in [9.17, 15) is 4.79 Å². The number of ketones is 1. The first-order valence-electron chi connectivity index (χ1n) is 2.72. The fourth-order valence-electron chi connectivity index (χ4n) is 0.312. The average molecular weight is 116 g/mol. The molecule has 3 heteroatoms. The molecule has 0 fully saturated rings. The maximum absolute atomic E-state index is 10.2. The summed E-state index contributed by atoms with van der Waals surface area (Å²) in [5, 5.41) is 0. The minimum Gasteiger partial charge on any atom is -0.299 e. The van der Waals surface area contributed by atoms with Gasteiger partial charge in [-0.3, -0.25) is 15.6 Å². The molecule has 8 heavy (non-hydrogen) atoms. The van der Waals surface area contributed by atoms with Gasteiger partial charge in [-0.05, 0) is 6.92 Å².